The number of hydrogen-bond acceptors (Lipinski definition) is 2. The number of carbonyl (C=O) groups is 1. The maximum absolute atomic E-state index is 14.4. The molecule has 4 fully saturated rings. The SMILES string of the molecule is COc1c(C23CC4CC(CC(C4)C2)C3)cc(F)c(C(=O)O)c1Cl. The molecule has 23 heavy (non-hydrogen) atoms. The maximum atomic E-state index is 14.4. The number of carboxylic acids is 1. The number of rotatable bonds is 3. The van der Waals surface area contributed by atoms with Gasteiger partial charge in [0.05, 0.1) is 7.11 Å². The van der Waals surface area contributed by atoms with Gasteiger partial charge < -0.3 is 9.84 Å². The fourth-order valence-electron chi connectivity index (χ4n) is 5.83. The second-order valence-corrected chi connectivity index (χ2v) is 8.01. The van der Waals surface area contributed by atoms with Crippen LogP contribution in [0.2, 0.25) is 5.02 Å². The number of methoxy groups -OCH3 is 1. The highest BCUT2D eigenvalue weighted by atomic mass is 35.5. The Kier molecular flexibility index (Phi) is 3.38. The molecule has 0 saturated heterocycles. The first kappa shape index (κ1) is 15.3. The molecule has 1 aromatic carbocycles. The van der Waals surface area contributed by atoms with Gasteiger partial charge in [0.2, 0.25) is 0 Å². The molecule has 124 valence electrons. The zero-order valence-corrected chi connectivity index (χ0v) is 13.8. The van der Waals surface area contributed by atoms with Crippen molar-refractivity contribution in [2.45, 2.75) is 43.9 Å². The Balaban J connectivity index is 1.87. The van der Waals surface area contributed by atoms with E-state index >= 15 is 0 Å². The van der Waals surface area contributed by atoms with E-state index in [1.807, 2.05) is 0 Å². The number of hydrogen-bond donors (Lipinski definition) is 1. The first-order valence-electron chi connectivity index (χ1n) is 8.23. The minimum atomic E-state index is -1.36. The molecule has 4 bridgehead atoms. The lowest BCUT2D eigenvalue weighted by Crippen LogP contribution is -2.48. The average Bonchev–Trinajstić information content (AvgIpc) is 2.44. The van der Waals surface area contributed by atoms with Gasteiger partial charge in [0.1, 0.15) is 22.2 Å². The molecule has 0 heterocycles. The zero-order chi connectivity index (χ0) is 16.4. The lowest BCUT2D eigenvalue weighted by Gasteiger charge is -2.57. The number of aromatic carboxylic acids is 1. The molecule has 1 N–H and O–H groups in total. The molecule has 0 amide bonds. The van der Waals surface area contributed by atoms with Gasteiger partial charge in [-0.2, -0.15) is 0 Å². The molecule has 0 unspecified atom stereocenters. The van der Waals surface area contributed by atoms with Crippen LogP contribution in [0.5, 0.6) is 5.75 Å². The molecular formula is C18H20ClFO3. The van der Waals surface area contributed by atoms with Gasteiger partial charge in [-0.25, -0.2) is 9.18 Å². The van der Waals surface area contributed by atoms with Crippen LogP contribution in [0.3, 0.4) is 0 Å². The highest BCUT2D eigenvalue weighted by Crippen LogP contribution is 2.62. The monoisotopic (exact) mass is 338 g/mol. The second kappa shape index (κ2) is 5.10. The molecule has 0 spiro atoms. The van der Waals surface area contributed by atoms with Gasteiger partial charge in [0.25, 0.3) is 0 Å². The molecule has 0 aliphatic heterocycles. The summed E-state index contributed by atoms with van der Waals surface area (Å²) in [5.41, 5.74) is 0.199. The van der Waals surface area contributed by atoms with E-state index in [-0.39, 0.29) is 10.4 Å². The minimum Gasteiger partial charge on any atom is -0.495 e. The highest BCUT2D eigenvalue weighted by Gasteiger charge is 2.53. The molecule has 5 heteroatoms. The summed E-state index contributed by atoms with van der Waals surface area (Å²) in [7, 11) is 1.48. The number of halogens is 2. The molecule has 0 radical (unpaired) electrons. The number of benzene rings is 1. The van der Waals surface area contributed by atoms with Crippen LogP contribution in [-0.4, -0.2) is 18.2 Å². The Labute approximate surface area is 139 Å². The summed E-state index contributed by atoms with van der Waals surface area (Å²) >= 11 is 6.21. The standard InChI is InChI=1S/C18H20ClFO3/c1-23-16-12(5-13(20)14(15(16)19)17(21)22)18-6-9-2-10(7-18)4-11(3-9)8-18/h5,9-11H,2-4,6-8H2,1H3,(H,21,22). The Hall–Kier alpha value is -1.29. The molecular weight excluding hydrogens is 319 g/mol. The zero-order valence-electron chi connectivity index (χ0n) is 13.1. The molecule has 5 rings (SSSR count). The van der Waals surface area contributed by atoms with Gasteiger partial charge in [-0.3, -0.25) is 0 Å². The van der Waals surface area contributed by atoms with Crippen molar-refractivity contribution in [1.29, 1.82) is 0 Å². The first-order chi connectivity index (χ1) is 10.9. The molecule has 4 aliphatic carbocycles. The molecule has 3 nitrogen and oxygen atoms in total. The van der Waals surface area contributed by atoms with E-state index in [9.17, 15) is 14.3 Å². The molecule has 4 saturated carbocycles. The number of ether oxygens (including phenoxy) is 1. The maximum Gasteiger partial charge on any atom is 0.340 e. The molecule has 0 aromatic heterocycles. The van der Waals surface area contributed by atoms with Gasteiger partial charge in [0.15, 0.2) is 0 Å². The van der Waals surface area contributed by atoms with Crippen molar-refractivity contribution in [2.24, 2.45) is 17.8 Å². The van der Waals surface area contributed by atoms with Crippen molar-refractivity contribution < 1.29 is 19.0 Å². The third-order valence-electron chi connectivity index (χ3n) is 6.20. The van der Waals surface area contributed by atoms with Crippen molar-refractivity contribution in [2.75, 3.05) is 7.11 Å². The summed E-state index contributed by atoms with van der Waals surface area (Å²) in [5.74, 6) is 0.343. The lowest BCUT2D eigenvalue weighted by atomic mass is 9.48. The van der Waals surface area contributed by atoms with Crippen LogP contribution in [0.4, 0.5) is 4.39 Å². The summed E-state index contributed by atoms with van der Waals surface area (Å²) in [4.78, 5) is 11.3. The fraction of sp³-hybridized carbons (Fsp3) is 0.611. The van der Waals surface area contributed by atoms with E-state index in [1.54, 1.807) is 0 Å². The fourth-order valence-corrected chi connectivity index (χ4v) is 6.18. The van der Waals surface area contributed by atoms with E-state index < -0.39 is 17.3 Å². The van der Waals surface area contributed by atoms with Crippen molar-refractivity contribution in [3.8, 4) is 5.75 Å². The molecule has 4 aliphatic rings. The summed E-state index contributed by atoms with van der Waals surface area (Å²) in [5, 5.41) is 9.11. The number of carboxylic acid groups (broad SMARTS) is 1. The van der Waals surface area contributed by atoms with E-state index in [4.69, 9.17) is 16.3 Å². The van der Waals surface area contributed by atoms with Crippen LogP contribution in [0, 0.1) is 23.6 Å². The van der Waals surface area contributed by atoms with Gasteiger partial charge in [-0.1, -0.05) is 11.6 Å². The summed E-state index contributed by atoms with van der Waals surface area (Å²) < 4.78 is 19.9. The Morgan fingerprint density at radius 2 is 1.78 bits per heavy atom. The first-order valence-corrected chi connectivity index (χ1v) is 8.61. The summed E-state index contributed by atoms with van der Waals surface area (Å²) in [6, 6.07) is 1.38. The Morgan fingerprint density at radius 3 is 2.22 bits per heavy atom. The van der Waals surface area contributed by atoms with E-state index in [1.165, 1.54) is 32.4 Å². The lowest BCUT2D eigenvalue weighted by molar-refractivity contribution is -0.00632. The van der Waals surface area contributed by atoms with Gasteiger partial charge in [-0.05, 0) is 67.8 Å². The normalized spacial score (nSPS) is 34.7. The third kappa shape index (κ3) is 2.18. The van der Waals surface area contributed by atoms with Crippen LogP contribution < -0.4 is 4.74 Å². The van der Waals surface area contributed by atoms with E-state index in [2.05, 4.69) is 0 Å². The molecule has 1 aromatic rings. The van der Waals surface area contributed by atoms with Crippen LogP contribution >= 0.6 is 11.6 Å². The summed E-state index contributed by atoms with van der Waals surface area (Å²) in [6.45, 7) is 0. The van der Waals surface area contributed by atoms with Crippen LogP contribution in [0.25, 0.3) is 0 Å². The van der Waals surface area contributed by atoms with Crippen LogP contribution in [0.15, 0.2) is 6.07 Å². The topological polar surface area (TPSA) is 46.5 Å². The third-order valence-corrected chi connectivity index (χ3v) is 6.56. The predicted octanol–water partition coefficient (Wildman–Crippen LogP) is 4.65. The smallest absolute Gasteiger partial charge is 0.340 e. The minimum absolute atomic E-state index is 0.0956. The van der Waals surface area contributed by atoms with E-state index in [0.717, 1.165) is 24.8 Å². The Bertz CT molecular complexity index is 650. The van der Waals surface area contributed by atoms with Crippen molar-refractivity contribution in [3.63, 3.8) is 0 Å². The van der Waals surface area contributed by atoms with Gasteiger partial charge in [0, 0.05) is 5.56 Å². The van der Waals surface area contributed by atoms with Crippen LogP contribution in [0.1, 0.15) is 54.4 Å². The molecule has 0 atom stereocenters. The highest BCUT2D eigenvalue weighted by molar-refractivity contribution is 6.35. The average molecular weight is 339 g/mol. The largest absolute Gasteiger partial charge is 0.495 e. The van der Waals surface area contributed by atoms with Crippen LogP contribution in [-0.2, 0) is 5.41 Å². The van der Waals surface area contributed by atoms with E-state index in [0.29, 0.717) is 23.5 Å². The van der Waals surface area contributed by atoms with Crippen molar-refractivity contribution in [1.82, 2.24) is 0 Å². The van der Waals surface area contributed by atoms with Crippen molar-refractivity contribution in [3.05, 3.63) is 28.0 Å². The Morgan fingerprint density at radius 1 is 1.26 bits per heavy atom. The van der Waals surface area contributed by atoms with Gasteiger partial charge >= 0.3 is 5.97 Å². The summed E-state index contributed by atoms with van der Waals surface area (Å²) in [6.07, 6.45) is 6.97. The quantitative estimate of drug-likeness (QED) is 0.872. The predicted molar refractivity (Wildman–Crippen MR) is 84.8 cm³/mol. The van der Waals surface area contributed by atoms with Crippen molar-refractivity contribution >= 4 is 17.6 Å². The van der Waals surface area contributed by atoms with Gasteiger partial charge in [-0.15, -0.1) is 0 Å². The second-order valence-electron chi connectivity index (χ2n) is 7.63.